The van der Waals surface area contributed by atoms with Gasteiger partial charge in [0.2, 0.25) is 0 Å². The number of furan rings is 1. The SMILES string of the molecule is C=C(C)C(=NC(=NC(=C)c1cccc2c1sc1ccccc12)c1ccc2oc3cc4ccccc4cc3c2c1-n1c2ccccc2c2cc3ccccc3cc21)c1cccc2ccccc12. The summed E-state index contributed by atoms with van der Waals surface area (Å²) in [7, 11) is 0. The Kier molecular flexibility index (Phi) is 8.57. The number of aromatic nitrogens is 1. The smallest absolute Gasteiger partial charge is 0.162 e. The molecule has 5 heteroatoms. The van der Waals surface area contributed by atoms with Gasteiger partial charge in [0.15, 0.2) is 5.84 Å². The molecule has 0 saturated carbocycles. The van der Waals surface area contributed by atoms with Crippen molar-refractivity contribution >= 4 is 125 Å². The minimum atomic E-state index is 0.516. The van der Waals surface area contributed by atoms with Crippen molar-refractivity contribution in [2.24, 2.45) is 9.98 Å². The number of allylic oxidation sites excluding steroid dienone is 1. The zero-order chi connectivity index (χ0) is 44.0. The summed E-state index contributed by atoms with van der Waals surface area (Å²) in [4.78, 5) is 11.3. The number of aliphatic imine (C=N–C) groups is 2. The molecule has 0 saturated heterocycles. The minimum absolute atomic E-state index is 0.516. The highest BCUT2D eigenvalue weighted by Gasteiger charge is 2.25. The van der Waals surface area contributed by atoms with Gasteiger partial charge >= 0.3 is 0 Å². The number of amidine groups is 1. The normalized spacial score (nSPS) is 12.6. The van der Waals surface area contributed by atoms with Crippen molar-refractivity contribution in [3.8, 4) is 5.69 Å². The second kappa shape index (κ2) is 14.8. The largest absolute Gasteiger partial charge is 0.456 e. The van der Waals surface area contributed by atoms with Crippen LogP contribution in [0.1, 0.15) is 23.6 Å². The number of para-hydroxylation sites is 1. The number of fused-ring (bicyclic) bond motifs is 12. The lowest BCUT2D eigenvalue weighted by Gasteiger charge is -2.18. The predicted octanol–water partition coefficient (Wildman–Crippen LogP) is 17.0. The third-order valence-corrected chi connectivity index (χ3v) is 14.3. The summed E-state index contributed by atoms with van der Waals surface area (Å²) < 4.78 is 11.7. The molecule has 0 bridgehead atoms. The quantitative estimate of drug-likeness (QED) is 0.121. The first-order chi connectivity index (χ1) is 32.5. The van der Waals surface area contributed by atoms with Gasteiger partial charge < -0.3 is 8.98 Å². The Hall–Kier alpha value is -8.38. The Morgan fingerprint density at radius 1 is 0.470 bits per heavy atom. The van der Waals surface area contributed by atoms with E-state index in [0.29, 0.717) is 11.5 Å². The fourth-order valence-corrected chi connectivity index (χ4v) is 11.3. The van der Waals surface area contributed by atoms with Crippen LogP contribution in [-0.2, 0) is 0 Å². The highest BCUT2D eigenvalue weighted by molar-refractivity contribution is 7.26. The van der Waals surface area contributed by atoms with Crippen molar-refractivity contribution in [3.05, 3.63) is 230 Å². The van der Waals surface area contributed by atoms with Crippen molar-refractivity contribution in [2.45, 2.75) is 6.92 Å². The molecule has 0 radical (unpaired) electrons. The van der Waals surface area contributed by atoms with Gasteiger partial charge in [0, 0.05) is 53.0 Å². The lowest BCUT2D eigenvalue weighted by atomic mass is 9.97. The van der Waals surface area contributed by atoms with E-state index in [1.807, 2.05) is 6.92 Å². The van der Waals surface area contributed by atoms with Gasteiger partial charge in [-0.15, -0.1) is 11.3 Å². The Bertz CT molecular complexity index is 4280. The van der Waals surface area contributed by atoms with E-state index >= 15 is 0 Å². The van der Waals surface area contributed by atoms with Gasteiger partial charge in [-0.1, -0.05) is 159 Å². The van der Waals surface area contributed by atoms with Gasteiger partial charge in [0.25, 0.3) is 0 Å². The van der Waals surface area contributed by atoms with Gasteiger partial charge in [0.1, 0.15) is 11.2 Å². The third-order valence-electron chi connectivity index (χ3n) is 13.1. The lowest BCUT2D eigenvalue weighted by Crippen LogP contribution is -2.12. The van der Waals surface area contributed by atoms with E-state index in [4.69, 9.17) is 21.0 Å². The molecule has 0 aliphatic carbocycles. The highest BCUT2D eigenvalue weighted by atomic mass is 32.1. The van der Waals surface area contributed by atoms with Crippen molar-refractivity contribution in [3.63, 3.8) is 0 Å². The van der Waals surface area contributed by atoms with Crippen LogP contribution < -0.4 is 0 Å². The number of benzene rings is 10. The molecule has 0 aliphatic heterocycles. The average Bonchev–Trinajstić information content (AvgIpc) is 4.02. The van der Waals surface area contributed by atoms with Gasteiger partial charge in [-0.3, -0.25) is 0 Å². The number of hydrogen-bond donors (Lipinski definition) is 0. The summed E-state index contributed by atoms with van der Waals surface area (Å²) in [6.07, 6.45) is 0. The van der Waals surface area contributed by atoms with E-state index in [0.717, 1.165) is 109 Å². The molecule has 10 aromatic carbocycles. The second-order valence-corrected chi connectivity index (χ2v) is 18.2. The predicted molar refractivity (Wildman–Crippen MR) is 283 cm³/mol. The molecule has 66 heavy (non-hydrogen) atoms. The Balaban J connectivity index is 1.19. The summed E-state index contributed by atoms with van der Waals surface area (Å²) >= 11 is 1.77. The zero-order valence-electron chi connectivity index (χ0n) is 36.0. The first-order valence-electron chi connectivity index (χ1n) is 22.2. The maximum atomic E-state index is 6.87. The minimum Gasteiger partial charge on any atom is -0.456 e. The standard InChI is InChI=1S/C61H39N3OS/c1-36(2)58(47-26-14-21-38-16-8-9-22-44(38)47)63-61(62-37(3)43-25-15-27-48-46-24-11-13-29-56(46)66-60(43)48)49-30-31-54-57(51-33-40-18-5-7-20-42(40)35-55(51)65-54)59(49)64-52-28-12-10-23-45(52)50-32-39-17-4-6-19-41(39)34-53(50)64/h4-35H,1,3H2,2H3. The number of rotatable bonds is 6. The molecule has 0 amide bonds. The molecule has 3 heterocycles. The van der Waals surface area contributed by atoms with Gasteiger partial charge in [-0.25, -0.2) is 9.98 Å². The second-order valence-electron chi connectivity index (χ2n) is 17.1. The fourth-order valence-electron chi connectivity index (χ4n) is 10.1. The molecule has 0 fully saturated rings. The molecular formula is C61H39N3OS. The summed E-state index contributed by atoms with van der Waals surface area (Å²) in [5.41, 5.74) is 9.63. The molecule has 4 nitrogen and oxygen atoms in total. The molecule has 310 valence electrons. The Morgan fingerprint density at radius 3 is 1.86 bits per heavy atom. The molecule has 3 aromatic heterocycles. The third kappa shape index (κ3) is 5.91. The molecule has 13 rings (SSSR count). The first kappa shape index (κ1) is 38.1. The van der Waals surface area contributed by atoms with Crippen molar-refractivity contribution in [1.29, 1.82) is 0 Å². The van der Waals surface area contributed by atoms with Gasteiger partial charge in [-0.05, 0) is 93.3 Å². The molecule has 0 aliphatic rings. The average molecular weight is 862 g/mol. The lowest BCUT2D eigenvalue weighted by molar-refractivity contribution is 0.669. The topological polar surface area (TPSA) is 42.8 Å². The fraction of sp³-hybridized carbons (Fsp3) is 0.0164. The Morgan fingerprint density at radius 2 is 1.08 bits per heavy atom. The Labute approximate surface area is 384 Å². The molecule has 13 aromatic rings. The van der Waals surface area contributed by atoms with Crippen LogP contribution in [0.2, 0.25) is 0 Å². The monoisotopic (exact) mass is 861 g/mol. The van der Waals surface area contributed by atoms with Crippen LogP contribution in [-0.4, -0.2) is 16.1 Å². The van der Waals surface area contributed by atoms with E-state index in [1.165, 1.54) is 20.9 Å². The van der Waals surface area contributed by atoms with Crippen LogP contribution >= 0.6 is 11.3 Å². The van der Waals surface area contributed by atoms with Crippen LogP contribution in [0.5, 0.6) is 0 Å². The van der Waals surface area contributed by atoms with Crippen LogP contribution in [0, 0.1) is 0 Å². The maximum absolute atomic E-state index is 6.87. The molecule has 0 spiro atoms. The van der Waals surface area contributed by atoms with Crippen LogP contribution in [0.15, 0.2) is 227 Å². The number of nitrogens with zero attached hydrogens (tertiary/aromatic N) is 3. The summed E-state index contributed by atoms with van der Waals surface area (Å²) in [6, 6.07) is 68.9. The summed E-state index contributed by atoms with van der Waals surface area (Å²) in [6.45, 7) is 11.3. The van der Waals surface area contributed by atoms with Crippen LogP contribution in [0.4, 0.5) is 0 Å². The number of thiophene rings is 1. The van der Waals surface area contributed by atoms with E-state index < -0.39 is 0 Å². The molecule has 0 N–H and O–H groups in total. The van der Waals surface area contributed by atoms with E-state index in [2.05, 4.69) is 205 Å². The van der Waals surface area contributed by atoms with Crippen molar-refractivity contribution < 1.29 is 4.42 Å². The number of hydrogen-bond acceptors (Lipinski definition) is 3. The summed E-state index contributed by atoms with van der Waals surface area (Å²) in [5, 5.41) is 13.5. The first-order valence-corrected chi connectivity index (χ1v) is 23.0. The van der Waals surface area contributed by atoms with Gasteiger partial charge in [-0.2, -0.15) is 0 Å². The molecule has 0 atom stereocenters. The van der Waals surface area contributed by atoms with E-state index in [-0.39, 0.29) is 0 Å². The van der Waals surface area contributed by atoms with Crippen molar-refractivity contribution in [2.75, 3.05) is 0 Å². The summed E-state index contributed by atoms with van der Waals surface area (Å²) in [5.74, 6) is 0.516. The molecular weight excluding hydrogens is 823 g/mol. The van der Waals surface area contributed by atoms with Crippen molar-refractivity contribution in [1.82, 2.24) is 4.57 Å². The maximum Gasteiger partial charge on any atom is 0.162 e. The van der Waals surface area contributed by atoms with Gasteiger partial charge in [0.05, 0.1) is 33.5 Å². The van der Waals surface area contributed by atoms with Crippen LogP contribution in [0.3, 0.4) is 0 Å². The zero-order valence-corrected chi connectivity index (χ0v) is 36.9. The highest BCUT2D eigenvalue weighted by Crippen LogP contribution is 2.44. The van der Waals surface area contributed by atoms with E-state index in [9.17, 15) is 0 Å². The van der Waals surface area contributed by atoms with E-state index in [1.54, 1.807) is 11.3 Å². The molecule has 0 unspecified atom stereocenters. The van der Waals surface area contributed by atoms with Crippen LogP contribution in [0.25, 0.3) is 108 Å².